The molecule has 2 aromatic carbocycles. The first kappa shape index (κ1) is 33.0. The van der Waals surface area contributed by atoms with Crippen molar-refractivity contribution in [3.05, 3.63) is 83.1 Å². The summed E-state index contributed by atoms with van der Waals surface area (Å²) in [6, 6.07) is 9.42. The van der Waals surface area contributed by atoms with Gasteiger partial charge in [0.1, 0.15) is 35.0 Å². The number of nitrogens with one attached hydrogen (secondary N) is 1. The Morgan fingerprint density at radius 2 is 1.65 bits per heavy atom. The van der Waals surface area contributed by atoms with Crippen LogP contribution in [0.5, 0.6) is 11.5 Å². The SMILES string of the molecule is COc1cc(F)c([C@H]2[C@H](NC(=O)c3ccc(OC(F)F)cc3)C(=O)N(c3cccc(C4CCN(CC(F)F)CC4)n3)[C@H]2C)c(F)c1. The maximum atomic E-state index is 15.5. The van der Waals surface area contributed by atoms with E-state index in [1.54, 1.807) is 30.0 Å². The molecule has 14 heteroatoms. The number of hydrogen-bond acceptors (Lipinski definition) is 6. The molecule has 246 valence electrons. The molecule has 0 radical (unpaired) electrons. The first-order chi connectivity index (χ1) is 22.0. The van der Waals surface area contributed by atoms with Gasteiger partial charge in [0, 0.05) is 46.8 Å². The van der Waals surface area contributed by atoms with E-state index >= 15 is 8.78 Å². The highest BCUT2D eigenvalue weighted by Crippen LogP contribution is 2.41. The molecule has 3 atom stereocenters. The minimum atomic E-state index is -3.07. The van der Waals surface area contributed by atoms with Gasteiger partial charge in [-0.3, -0.25) is 19.4 Å². The number of anilines is 1. The van der Waals surface area contributed by atoms with E-state index in [2.05, 4.69) is 10.1 Å². The van der Waals surface area contributed by atoms with Gasteiger partial charge < -0.3 is 14.8 Å². The van der Waals surface area contributed by atoms with Gasteiger partial charge in [-0.05, 0) is 69.3 Å². The Morgan fingerprint density at radius 3 is 2.24 bits per heavy atom. The van der Waals surface area contributed by atoms with E-state index in [0.29, 0.717) is 31.6 Å². The lowest BCUT2D eigenvalue weighted by Crippen LogP contribution is -2.44. The van der Waals surface area contributed by atoms with Crippen LogP contribution in [0.1, 0.15) is 53.2 Å². The molecule has 8 nitrogen and oxygen atoms in total. The van der Waals surface area contributed by atoms with Crippen LogP contribution < -0.4 is 19.7 Å². The van der Waals surface area contributed by atoms with Gasteiger partial charge in [0.15, 0.2) is 0 Å². The van der Waals surface area contributed by atoms with Crippen LogP contribution >= 0.6 is 0 Å². The lowest BCUT2D eigenvalue weighted by molar-refractivity contribution is -0.118. The Bertz CT molecular complexity index is 1530. The first-order valence-electron chi connectivity index (χ1n) is 14.7. The van der Waals surface area contributed by atoms with E-state index in [1.807, 2.05) is 0 Å². The number of ether oxygens (including phenoxy) is 2. The van der Waals surface area contributed by atoms with E-state index in [-0.39, 0.29) is 35.3 Å². The number of amides is 2. The third-order valence-corrected chi connectivity index (χ3v) is 8.44. The number of carbonyl (C=O) groups is 2. The van der Waals surface area contributed by atoms with Gasteiger partial charge >= 0.3 is 6.61 Å². The molecule has 0 bridgehead atoms. The summed E-state index contributed by atoms with van der Waals surface area (Å²) in [4.78, 5) is 35.0. The van der Waals surface area contributed by atoms with Crippen LogP contribution in [0.4, 0.5) is 32.2 Å². The highest BCUT2D eigenvalue weighted by Gasteiger charge is 2.50. The second kappa shape index (κ2) is 14.0. The maximum absolute atomic E-state index is 15.5. The minimum absolute atomic E-state index is 0.00625. The van der Waals surface area contributed by atoms with E-state index in [9.17, 15) is 27.2 Å². The van der Waals surface area contributed by atoms with Crippen molar-refractivity contribution in [3.8, 4) is 11.5 Å². The molecule has 5 rings (SSSR count). The molecule has 0 aliphatic carbocycles. The number of nitrogens with zero attached hydrogens (tertiary/aromatic N) is 3. The highest BCUT2D eigenvalue weighted by molar-refractivity contribution is 6.05. The Balaban J connectivity index is 1.45. The van der Waals surface area contributed by atoms with Gasteiger partial charge in [0.05, 0.1) is 13.7 Å². The number of pyridine rings is 1. The fourth-order valence-electron chi connectivity index (χ4n) is 6.24. The summed E-state index contributed by atoms with van der Waals surface area (Å²) in [7, 11) is 1.25. The van der Waals surface area contributed by atoms with E-state index in [4.69, 9.17) is 9.72 Å². The van der Waals surface area contributed by atoms with Crippen molar-refractivity contribution in [1.82, 2.24) is 15.2 Å². The zero-order chi connectivity index (χ0) is 33.1. The molecular weight excluding hydrogens is 618 g/mol. The predicted octanol–water partition coefficient (Wildman–Crippen LogP) is 5.73. The number of carbonyl (C=O) groups excluding carboxylic acids is 2. The van der Waals surface area contributed by atoms with Crippen LogP contribution in [0.25, 0.3) is 0 Å². The predicted molar refractivity (Wildman–Crippen MR) is 156 cm³/mol. The average Bonchev–Trinajstić information content (AvgIpc) is 3.25. The number of methoxy groups -OCH3 is 1. The molecule has 2 aliphatic rings. The van der Waals surface area contributed by atoms with Gasteiger partial charge in [0.25, 0.3) is 18.2 Å². The van der Waals surface area contributed by atoms with E-state index in [0.717, 1.165) is 24.3 Å². The average molecular weight is 651 g/mol. The van der Waals surface area contributed by atoms with Crippen LogP contribution in [0.2, 0.25) is 0 Å². The van der Waals surface area contributed by atoms with Crippen molar-refractivity contribution >= 4 is 17.6 Å². The number of benzene rings is 2. The molecule has 2 fully saturated rings. The van der Waals surface area contributed by atoms with Crippen LogP contribution in [0.3, 0.4) is 0 Å². The number of halogens is 6. The van der Waals surface area contributed by atoms with E-state index < -0.39 is 60.1 Å². The van der Waals surface area contributed by atoms with Crippen LogP contribution in [0, 0.1) is 11.6 Å². The van der Waals surface area contributed by atoms with Crippen LogP contribution in [-0.4, -0.2) is 73.6 Å². The monoisotopic (exact) mass is 650 g/mol. The summed E-state index contributed by atoms with van der Waals surface area (Å²) in [6.45, 7) is -0.863. The quantitative estimate of drug-likeness (QED) is 0.282. The fourth-order valence-corrected chi connectivity index (χ4v) is 6.24. The second-order valence-corrected chi connectivity index (χ2v) is 11.2. The Kier molecular flexibility index (Phi) is 10.0. The minimum Gasteiger partial charge on any atom is -0.497 e. The van der Waals surface area contributed by atoms with Crippen molar-refractivity contribution in [2.45, 2.75) is 56.7 Å². The van der Waals surface area contributed by atoms with Gasteiger partial charge in [0.2, 0.25) is 0 Å². The molecular formula is C32H32F6N4O4. The summed E-state index contributed by atoms with van der Waals surface area (Å²) in [6.07, 6.45) is -1.27. The molecule has 0 saturated carbocycles. The standard InChI is InChI=1S/C32H32F6N4O4/c1-17-27(28-22(33)14-21(45-2)15-23(28)34)29(40-30(43)19-6-8-20(9-7-19)46-32(37)38)31(44)42(17)26-5-3-4-24(39-26)18-10-12-41(13-11-18)16-25(35)36/h3-9,14-15,17-18,25,27,29,32H,10-13,16H2,1-2H3,(H,40,43)/t17-,27-,29-/m0/s1. The first-order valence-corrected chi connectivity index (χ1v) is 14.7. The van der Waals surface area contributed by atoms with Crippen molar-refractivity contribution < 1.29 is 45.4 Å². The van der Waals surface area contributed by atoms with Crippen molar-refractivity contribution in [2.24, 2.45) is 0 Å². The molecule has 1 N–H and O–H groups in total. The summed E-state index contributed by atoms with van der Waals surface area (Å²) in [5, 5.41) is 2.59. The lowest BCUT2D eigenvalue weighted by atomic mass is 9.87. The van der Waals surface area contributed by atoms with Gasteiger partial charge in [-0.1, -0.05) is 6.07 Å². The summed E-state index contributed by atoms with van der Waals surface area (Å²) in [5.41, 5.74) is 0.206. The molecule has 3 heterocycles. The molecule has 3 aromatic rings. The molecule has 2 saturated heterocycles. The number of likely N-dealkylation sites (tertiary alicyclic amines) is 1. The summed E-state index contributed by atoms with van der Waals surface area (Å²) < 4.78 is 91.1. The van der Waals surface area contributed by atoms with Crippen LogP contribution in [-0.2, 0) is 4.79 Å². The number of rotatable bonds is 10. The third-order valence-electron chi connectivity index (χ3n) is 8.44. The Hall–Kier alpha value is -4.33. The van der Waals surface area contributed by atoms with Crippen molar-refractivity contribution in [3.63, 3.8) is 0 Å². The van der Waals surface area contributed by atoms with Crippen molar-refractivity contribution in [1.29, 1.82) is 0 Å². The topological polar surface area (TPSA) is 84.0 Å². The number of piperidine rings is 1. The van der Waals surface area contributed by atoms with E-state index in [1.165, 1.54) is 24.1 Å². The molecule has 1 aromatic heterocycles. The largest absolute Gasteiger partial charge is 0.497 e. The summed E-state index contributed by atoms with van der Waals surface area (Å²) in [5.74, 6) is -4.74. The number of aromatic nitrogens is 1. The zero-order valence-electron chi connectivity index (χ0n) is 24.9. The second-order valence-electron chi connectivity index (χ2n) is 11.2. The Labute approximate surface area is 261 Å². The maximum Gasteiger partial charge on any atom is 0.387 e. The lowest BCUT2D eigenvalue weighted by Gasteiger charge is -2.32. The molecule has 2 amide bonds. The third kappa shape index (κ3) is 7.06. The van der Waals surface area contributed by atoms with Gasteiger partial charge in [-0.2, -0.15) is 8.78 Å². The fraction of sp³-hybridized carbons (Fsp3) is 0.406. The zero-order valence-corrected chi connectivity index (χ0v) is 24.9. The molecule has 2 aliphatic heterocycles. The summed E-state index contributed by atoms with van der Waals surface area (Å²) >= 11 is 0. The van der Waals surface area contributed by atoms with Crippen LogP contribution in [0.15, 0.2) is 54.6 Å². The normalized spacial score (nSPS) is 20.9. The number of hydrogen-bond donors (Lipinski definition) is 1. The molecule has 0 unspecified atom stereocenters. The van der Waals surface area contributed by atoms with Gasteiger partial charge in [-0.25, -0.2) is 22.5 Å². The number of alkyl halides is 4. The van der Waals surface area contributed by atoms with Gasteiger partial charge in [-0.15, -0.1) is 0 Å². The van der Waals surface area contributed by atoms with Crippen molar-refractivity contribution in [2.75, 3.05) is 31.6 Å². The smallest absolute Gasteiger partial charge is 0.387 e. The Morgan fingerprint density at radius 1 is 1.00 bits per heavy atom. The molecule has 46 heavy (non-hydrogen) atoms. The highest BCUT2D eigenvalue weighted by atomic mass is 19.3. The molecule has 0 spiro atoms.